The maximum absolute atomic E-state index is 4.70. The van der Waals surface area contributed by atoms with Crippen molar-refractivity contribution in [2.24, 2.45) is 0 Å². The molecule has 0 aliphatic carbocycles. The van der Waals surface area contributed by atoms with Crippen LogP contribution in [0.2, 0.25) is 0 Å². The molecule has 1 aromatic heterocycles. The second-order valence-corrected chi connectivity index (χ2v) is 8.12. The smallest absolute Gasteiger partial charge is 0.227 e. The van der Waals surface area contributed by atoms with Gasteiger partial charge in [-0.15, -0.1) is 0 Å². The van der Waals surface area contributed by atoms with Crippen molar-refractivity contribution in [1.82, 2.24) is 15.3 Å². The van der Waals surface area contributed by atoms with Gasteiger partial charge in [0, 0.05) is 43.1 Å². The van der Waals surface area contributed by atoms with Gasteiger partial charge in [-0.3, -0.25) is 0 Å². The third kappa shape index (κ3) is 4.52. The van der Waals surface area contributed by atoms with Gasteiger partial charge >= 0.3 is 0 Å². The van der Waals surface area contributed by atoms with Crippen LogP contribution in [0.5, 0.6) is 0 Å². The fraction of sp³-hybridized carbons (Fsp3) is 0.231. The number of hydrogen-bond donors (Lipinski definition) is 2. The molecule has 0 amide bonds. The minimum atomic E-state index is 0.309. The second kappa shape index (κ2) is 8.74. The predicted octanol–water partition coefficient (Wildman–Crippen LogP) is 5.70. The third-order valence-corrected chi connectivity index (χ3v) is 5.73. The lowest BCUT2D eigenvalue weighted by Gasteiger charge is -2.15. The Bertz CT molecular complexity index is 1200. The molecule has 0 fully saturated rings. The lowest BCUT2D eigenvalue weighted by atomic mass is 9.95. The number of fused-ring (bicyclic) bond motifs is 1. The SMILES string of the molecule is CNC(C)c1ccc(C)c(-c2ccc3nc(Nc4ccc(N(C)C)cc4)ncc3c2)c1. The zero-order valence-electron chi connectivity index (χ0n) is 18.8. The lowest BCUT2D eigenvalue weighted by molar-refractivity contribution is 0.652. The molecule has 5 nitrogen and oxygen atoms in total. The van der Waals surface area contributed by atoms with Crippen LogP contribution in [0.1, 0.15) is 24.1 Å². The van der Waals surface area contributed by atoms with Gasteiger partial charge in [0.2, 0.25) is 5.95 Å². The highest BCUT2D eigenvalue weighted by Crippen LogP contribution is 2.29. The van der Waals surface area contributed by atoms with Crippen LogP contribution in [0.15, 0.2) is 66.9 Å². The standard InChI is InChI=1S/C26H29N5/c1-17-6-7-19(18(2)27-3)15-24(17)20-8-13-25-21(14-20)16-28-26(30-25)29-22-9-11-23(12-10-22)31(4)5/h6-16,18,27H,1-5H3,(H,28,29,30). The molecule has 0 saturated carbocycles. The van der Waals surface area contributed by atoms with E-state index in [0.717, 1.165) is 22.3 Å². The van der Waals surface area contributed by atoms with Gasteiger partial charge in [-0.1, -0.05) is 18.2 Å². The van der Waals surface area contributed by atoms with Crippen molar-refractivity contribution in [1.29, 1.82) is 0 Å². The zero-order valence-corrected chi connectivity index (χ0v) is 18.8. The Kier molecular flexibility index (Phi) is 5.87. The lowest BCUT2D eigenvalue weighted by Crippen LogP contribution is -2.12. The van der Waals surface area contributed by atoms with Crippen molar-refractivity contribution >= 4 is 28.2 Å². The molecule has 1 heterocycles. The first-order chi connectivity index (χ1) is 14.9. The molecule has 158 valence electrons. The highest BCUT2D eigenvalue weighted by Gasteiger charge is 2.09. The summed E-state index contributed by atoms with van der Waals surface area (Å²) < 4.78 is 0. The van der Waals surface area contributed by atoms with E-state index < -0.39 is 0 Å². The predicted molar refractivity (Wildman–Crippen MR) is 131 cm³/mol. The monoisotopic (exact) mass is 411 g/mol. The summed E-state index contributed by atoms with van der Waals surface area (Å²) in [5, 5.41) is 7.64. The fourth-order valence-electron chi connectivity index (χ4n) is 3.62. The molecular formula is C26H29N5. The summed E-state index contributed by atoms with van der Waals surface area (Å²) >= 11 is 0. The molecule has 0 radical (unpaired) electrons. The summed E-state index contributed by atoms with van der Waals surface area (Å²) in [4.78, 5) is 11.3. The Labute approximate surface area is 184 Å². The van der Waals surface area contributed by atoms with Gasteiger partial charge in [0.25, 0.3) is 0 Å². The van der Waals surface area contributed by atoms with E-state index in [1.54, 1.807) is 0 Å². The molecule has 1 unspecified atom stereocenters. The van der Waals surface area contributed by atoms with Crippen LogP contribution in [0.4, 0.5) is 17.3 Å². The normalized spacial score (nSPS) is 12.0. The van der Waals surface area contributed by atoms with Crippen molar-refractivity contribution in [3.8, 4) is 11.1 Å². The van der Waals surface area contributed by atoms with Crippen LogP contribution in [-0.2, 0) is 0 Å². The number of benzene rings is 3. The van der Waals surface area contributed by atoms with E-state index in [4.69, 9.17) is 4.98 Å². The second-order valence-electron chi connectivity index (χ2n) is 8.12. The van der Waals surface area contributed by atoms with E-state index in [-0.39, 0.29) is 0 Å². The van der Waals surface area contributed by atoms with Crippen LogP contribution in [0.25, 0.3) is 22.0 Å². The number of hydrogen-bond acceptors (Lipinski definition) is 5. The van der Waals surface area contributed by atoms with Gasteiger partial charge in [-0.25, -0.2) is 9.97 Å². The minimum absolute atomic E-state index is 0.309. The first-order valence-corrected chi connectivity index (χ1v) is 10.5. The molecule has 4 rings (SSSR count). The van der Waals surface area contributed by atoms with Crippen LogP contribution in [0.3, 0.4) is 0 Å². The average Bonchev–Trinajstić information content (AvgIpc) is 2.79. The van der Waals surface area contributed by atoms with Gasteiger partial charge in [0.05, 0.1) is 5.52 Å². The van der Waals surface area contributed by atoms with Gasteiger partial charge in [-0.05, 0) is 85.6 Å². The van der Waals surface area contributed by atoms with E-state index in [0.29, 0.717) is 12.0 Å². The van der Waals surface area contributed by atoms with Gasteiger partial charge in [0.1, 0.15) is 0 Å². The fourth-order valence-corrected chi connectivity index (χ4v) is 3.62. The number of aryl methyl sites for hydroxylation is 1. The van der Waals surface area contributed by atoms with E-state index in [1.807, 2.05) is 39.5 Å². The zero-order chi connectivity index (χ0) is 22.0. The van der Waals surface area contributed by atoms with Crippen LogP contribution in [0, 0.1) is 6.92 Å². The molecule has 5 heteroatoms. The molecule has 4 aromatic rings. The molecule has 3 aromatic carbocycles. The van der Waals surface area contributed by atoms with Gasteiger partial charge < -0.3 is 15.5 Å². The van der Waals surface area contributed by atoms with Crippen molar-refractivity contribution in [3.05, 3.63) is 78.0 Å². The highest BCUT2D eigenvalue weighted by atomic mass is 15.1. The summed E-state index contributed by atoms with van der Waals surface area (Å²) in [5.74, 6) is 0.596. The van der Waals surface area contributed by atoms with E-state index in [2.05, 4.69) is 82.9 Å². The van der Waals surface area contributed by atoms with E-state index >= 15 is 0 Å². The number of anilines is 3. The topological polar surface area (TPSA) is 53.1 Å². The Balaban J connectivity index is 1.61. The largest absolute Gasteiger partial charge is 0.378 e. The van der Waals surface area contributed by atoms with Crippen molar-refractivity contribution < 1.29 is 0 Å². The minimum Gasteiger partial charge on any atom is -0.378 e. The molecule has 0 aliphatic heterocycles. The molecule has 31 heavy (non-hydrogen) atoms. The van der Waals surface area contributed by atoms with Crippen molar-refractivity contribution in [2.45, 2.75) is 19.9 Å². The Morgan fingerprint density at radius 2 is 1.71 bits per heavy atom. The number of nitrogens with zero attached hydrogens (tertiary/aromatic N) is 3. The molecule has 1 atom stereocenters. The Morgan fingerprint density at radius 1 is 0.935 bits per heavy atom. The highest BCUT2D eigenvalue weighted by molar-refractivity contribution is 5.85. The molecule has 0 bridgehead atoms. The number of nitrogens with one attached hydrogen (secondary N) is 2. The number of aromatic nitrogens is 2. The summed E-state index contributed by atoms with van der Waals surface area (Å²) in [6.07, 6.45) is 1.89. The third-order valence-electron chi connectivity index (χ3n) is 5.73. The molecule has 2 N–H and O–H groups in total. The molecule has 0 spiro atoms. The van der Waals surface area contributed by atoms with Crippen LogP contribution in [-0.4, -0.2) is 31.1 Å². The first kappa shape index (κ1) is 20.8. The molecule has 0 saturated heterocycles. The Morgan fingerprint density at radius 3 is 2.42 bits per heavy atom. The summed E-state index contributed by atoms with van der Waals surface area (Å²) in [6, 6.07) is 21.5. The van der Waals surface area contributed by atoms with E-state index in [1.165, 1.54) is 22.3 Å². The van der Waals surface area contributed by atoms with Gasteiger partial charge in [0.15, 0.2) is 0 Å². The van der Waals surface area contributed by atoms with E-state index in [9.17, 15) is 0 Å². The van der Waals surface area contributed by atoms with Crippen LogP contribution < -0.4 is 15.5 Å². The first-order valence-electron chi connectivity index (χ1n) is 10.5. The number of rotatable bonds is 6. The van der Waals surface area contributed by atoms with Crippen LogP contribution >= 0.6 is 0 Å². The molecular weight excluding hydrogens is 382 g/mol. The van der Waals surface area contributed by atoms with Crippen molar-refractivity contribution in [2.75, 3.05) is 31.4 Å². The van der Waals surface area contributed by atoms with Crippen molar-refractivity contribution in [3.63, 3.8) is 0 Å². The maximum Gasteiger partial charge on any atom is 0.227 e. The summed E-state index contributed by atoms with van der Waals surface area (Å²) in [7, 11) is 6.05. The summed E-state index contributed by atoms with van der Waals surface area (Å²) in [6.45, 7) is 4.32. The molecule has 0 aliphatic rings. The maximum atomic E-state index is 4.70. The van der Waals surface area contributed by atoms with Gasteiger partial charge in [-0.2, -0.15) is 0 Å². The quantitative estimate of drug-likeness (QED) is 0.426. The Hall–Kier alpha value is -3.44. The summed E-state index contributed by atoms with van der Waals surface area (Å²) in [5.41, 5.74) is 7.99. The average molecular weight is 412 g/mol.